The van der Waals surface area contributed by atoms with Crippen LogP contribution in [0.25, 0.3) is 23.1 Å². The zero-order chi connectivity index (χ0) is 14.7. The molecular formula is C17H12N2O2. The lowest BCUT2D eigenvalue weighted by molar-refractivity contribution is 0.0699. The molecule has 102 valence electrons. The van der Waals surface area contributed by atoms with Crippen molar-refractivity contribution in [1.82, 2.24) is 9.97 Å². The molecule has 2 aromatic heterocycles. The van der Waals surface area contributed by atoms with Gasteiger partial charge in [-0.1, -0.05) is 18.2 Å². The van der Waals surface area contributed by atoms with Gasteiger partial charge in [0.05, 0.1) is 11.1 Å². The second-order valence-electron chi connectivity index (χ2n) is 4.55. The highest BCUT2D eigenvalue weighted by atomic mass is 16.4. The van der Waals surface area contributed by atoms with Crippen LogP contribution in [0.2, 0.25) is 0 Å². The smallest absolute Gasteiger partial charge is 0.336 e. The molecule has 1 N–H and O–H groups in total. The highest BCUT2D eigenvalue weighted by molar-refractivity contribution is 6.03. The molecule has 4 nitrogen and oxygen atoms in total. The quantitative estimate of drug-likeness (QED) is 0.795. The summed E-state index contributed by atoms with van der Waals surface area (Å²) in [5.41, 5.74) is 2.90. The van der Waals surface area contributed by atoms with Crippen LogP contribution in [0.15, 0.2) is 55.0 Å². The van der Waals surface area contributed by atoms with Gasteiger partial charge in [0.25, 0.3) is 0 Å². The molecule has 3 rings (SSSR count). The van der Waals surface area contributed by atoms with Crippen molar-refractivity contribution in [2.45, 2.75) is 0 Å². The molecule has 0 amide bonds. The Labute approximate surface area is 121 Å². The number of carboxylic acids is 1. The van der Waals surface area contributed by atoms with Crippen LogP contribution in [0.4, 0.5) is 0 Å². The number of hydrogen-bond donors (Lipinski definition) is 1. The zero-order valence-electron chi connectivity index (χ0n) is 11.1. The van der Waals surface area contributed by atoms with Gasteiger partial charge < -0.3 is 5.11 Å². The van der Waals surface area contributed by atoms with E-state index in [1.807, 2.05) is 42.5 Å². The Morgan fingerprint density at radius 2 is 1.71 bits per heavy atom. The van der Waals surface area contributed by atoms with Gasteiger partial charge in [-0.05, 0) is 41.5 Å². The van der Waals surface area contributed by atoms with E-state index in [2.05, 4.69) is 9.97 Å². The molecule has 0 aliphatic rings. The van der Waals surface area contributed by atoms with Crippen molar-refractivity contribution in [2.75, 3.05) is 0 Å². The predicted octanol–water partition coefficient (Wildman–Crippen LogP) is 3.50. The summed E-state index contributed by atoms with van der Waals surface area (Å²) in [7, 11) is 0. The van der Waals surface area contributed by atoms with Crippen molar-refractivity contribution in [1.29, 1.82) is 0 Å². The van der Waals surface area contributed by atoms with Gasteiger partial charge >= 0.3 is 5.97 Å². The molecule has 0 saturated carbocycles. The van der Waals surface area contributed by atoms with E-state index in [4.69, 9.17) is 0 Å². The Bertz CT molecular complexity index is 827. The highest BCUT2D eigenvalue weighted by Gasteiger charge is 2.08. The molecule has 0 aliphatic carbocycles. The number of rotatable bonds is 3. The molecule has 4 heteroatoms. The van der Waals surface area contributed by atoms with Crippen LogP contribution >= 0.6 is 0 Å². The molecule has 1 aromatic carbocycles. The number of carbonyl (C=O) groups is 1. The van der Waals surface area contributed by atoms with Crippen molar-refractivity contribution in [3.8, 4) is 0 Å². The third-order valence-electron chi connectivity index (χ3n) is 3.17. The Balaban J connectivity index is 2.03. The van der Waals surface area contributed by atoms with Gasteiger partial charge in [0.1, 0.15) is 0 Å². The van der Waals surface area contributed by atoms with E-state index in [0.717, 1.165) is 11.1 Å². The standard InChI is InChI=1S/C17H12N2O2/c20-17(21)14-7-10-19-16-4-3-13(11-15(14)16)2-1-12-5-8-18-9-6-12/h1-11H,(H,20,21)/b2-1+. The fourth-order valence-electron chi connectivity index (χ4n) is 2.12. The van der Waals surface area contributed by atoms with E-state index in [-0.39, 0.29) is 5.56 Å². The molecular weight excluding hydrogens is 264 g/mol. The maximum absolute atomic E-state index is 11.3. The van der Waals surface area contributed by atoms with Crippen LogP contribution in [0.1, 0.15) is 21.5 Å². The lowest BCUT2D eigenvalue weighted by Crippen LogP contribution is -1.98. The van der Waals surface area contributed by atoms with E-state index in [9.17, 15) is 9.90 Å². The van der Waals surface area contributed by atoms with E-state index in [1.54, 1.807) is 12.4 Å². The Morgan fingerprint density at radius 3 is 2.48 bits per heavy atom. The van der Waals surface area contributed by atoms with Crippen LogP contribution in [0.5, 0.6) is 0 Å². The van der Waals surface area contributed by atoms with Gasteiger partial charge in [0.15, 0.2) is 0 Å². The Morgan fingerprint density at radius 1 is 0.952 bits per heavy atom. The third-order valence-corrected chi connectivity index (χ3v) is 3.17. The summed E-state index contributed by atoms with van der Waals surface area (Å²) in [6, 6.07) is 10.9. The molecule has 0 spiro atoms. The Kier molecular flexibility index (Phi) is 3.43. The van der Waals surface area contributed by atoms with Crippen molar-refractivity contribution in [2.24, 2.45) is 0 Å². The maximum Gasteiger partial charge on any atom is 0.336 e. The lowest BCUT2D eigenvalue weighted by Gasteiger charge is -2.03. The SMILES string of the molecule is O=C(O)c1ccnc2ccc(/C=C/c3ccncc3)cc12. The van der Waals surface area contributed by atoms with Gasteiger partial charge in [-0.3, -0.25) is 9.97 Å². The van der Waals surface area contributed by atoms with Crippen LogP contribution in [-0.4, -0.2) is 21.0 Å². The van der Waals surface area contributed by atoms with E-state index < -0.39 is 5.97 Å². The monoisotopic (exact) mass is 276 g/mol. The molecule has 0 fully saturated rings. The molecule has 21 heavy (non-hydrogen) atoms. The first-order valence-electron chi connectivity index (χ1n) is 6.44. The molecule has 0 unspecified atom stereocenters. The minimum absolute atomic E-state index is 0.263. The van der Waals surface area contributed by atoms with E-state index in [0.29, 0.717) is 10.9 Å². The average Bonchev–Trinajstić information content (AvgIpc) is 2.53. The third kappa shape index (κ3) is 2.79. The highest BCUT2D eigenvalue weighted by Crippen LogP contribution is 2.20. The molecule has 0 radical (unpaired) electrons. The molecule has 0 atom stereocenters. The normalized spacial score (nSPS) is 11.0. The summed E-state index contributed by atoms with van der Waals surface area (Å²) in [6.45, 7) is 0. The van der Waals surface area contributed by atoms with Crippen molar-refractivity contribution >= 4 is 29.0 Å². The number of fused-ring (bicyclic) bond motifs is 1. The summed E-state index contributed by atoms with van der Waals surface area (Å²) in [5, 5.41) is 9.87. The van der Waals surface area contributed by atoms with Crippen LogP contribution < -0.4 is 0 Å². The minimum Gasteiger partial charge on any atom is -0.478 e. The van der Waals surface area contributed by atoms with Gasteiger partial charge in [0, 0.05) is 24.0 Å². The second kappa shape index (κ2) is 5.54. The number of nitrogens with zero attached hydrogens (tertiary/aromatic N) is 2. The molecule has 0 bridgehead atoms. The Hall–Kier alpha value is -3.01. The van der Waals surface area contributed by atoms with Gasteiger partial charge in [0.2, 0.25) is 0 Å². The van der Waals surface area contributed by atoms with Crippen molar-refractivity contribution < 1.29 is 9.90 Å². The topological polar surface area (TPSA) is 63.1 Å². The first-order valence-corrected chi connectivity index (χ1v) is 6.44. The number of benzene rings is 1. The molecule has 2 heterocycles. The number of aromatic nitrogens is 2. The first kappa shape index (κ1) is 13.0. The summed E-state index contributed by atoms with van der Waals surface area (Å²) >= 11 is 0. The lowest BCUT2D eigenvalue weighted by atomic mass is 10.1. The largest absolute Gasteiger partial charge is 0.478 e. The second-order valence-corrected chi connectivity index (χ2v) is 4.55. The average molecular weight is 276 g/mol. The summed E-state index contributed by atoms with van der Waals surface area (Å²) in [5.74, 6) is -0.947. The molecule has 0 aliphatic heterocycles. The van der Waals surface area contributed by atoms with Crippen molar-refractivity contribution in [3.05, 3.63) is 71.7 Å². The minimum atomic E-state index is -0.947. The molecule has 3 aromatic rings. The molecule has 0 saturated heterocycles. The summed E-state index contributed by atoms with van der Waals surface area (Å²) < 4.78 is 0. The number of hydrogen-bond acceptors (Lipinski definition) is 3. The van der Waals surface area contributed by atoms with Crippen LogP contribution in [-0.2, 0) is 0 Å². The van der Waals surface area contributed by atoms with Crippen LogP contribution in [0, 0.1) is 0 Å². The number of carboxylic acid groups (broad SMARTS) is 1. The van der Waals surface area contributed by atoms with E-state index in [1.165, 1.54) is 12.3 Å². The summed E-state index contributed by atoms with van der Waals surface area (Å²) in [6.07, 6.45) is 8.87. The van der Waals surface area contributed by atoms with Crippen LogP contribution in [0.3, 0.4) is 0 Å². The van der Waals surface area contributed by atoms with Gasteiger partial charge in [-0.25, -0.2) is 4.79 Å². The van der Waals surface area contributed by atoms with Crippen molar-refractivity contribution in [3.63, 3.8) is 0 Å². The van der Waals surface area contributed by atoms with Gasteiger partial charge in [-0.15, -0.1) is 0 Å². The zero-order valence-corrected chi connectivity index (χ0v) is 11.1. The fraction of sp³-hybridized carbons (Fsp3) is 0. The maximum atomic E-state index is 11.3. The number of pyridine rings is 2. The predicted molar refractivity (Wildman–Crippen MR) is 81.9 cm³/mol. The number of aromatic carboxylic acids is 1. The fourth-order valence-corrected chi connectivity index (χ4v) is 2.12. The van der Waals surface area contributed by atoms with Gasteiger partial charge in [-0.2, -0.15) is 0 Å². The first-order chi connectivity index (χ1) is 10.2. The summed E-state index contributed by atoms with van der Waals surface area (Å²) in [4.78, 5) is 19.4. The van der Waals surface area contributed by atoms with E-state index >= 15 is 0 Å².